The number of halogens is 1. The van der Waals surface area contributed by atoms with Gasteiger partial charge in [-0.2, -0.15) is 0 Å². The first-order valence-electron chi connectivity index (χ1n) is 9.27. The minimum absolute atomic E-state index is 0.147. The van der Waals surface area contributed by atoms with Gasteiger partial charge in [0.05, 0.1) is 15.1 Å². The van der Waals surface area contributed by atoms with Crippen LogP contribution in [-0.4, -0.2) is 46.9 Å². The van der Waals surface area contributed by atoms with Crippen LogP contribution in [0.4, 0.5) is 15.2 Å². The number of nitro groups is 1. The standard InChI is InChI=1S/C20H21FN4O3S/c1-3-23(4-2)10-11-24(19(26)14-6-5-7-16(12-14)25(27)28)20-22-17-9-8-15(21)13-18(17)29-20/h5-9,12-13H,3-4,10-11H2,1-2H3. The van der Waals surface area contributed by atoms with E-state index in [4.69, 9.17) is 0 Å². The summed E-state index contributed by atoms with van der Waals surface area (Å²) >= 11 is 1.22. The van der Waals surface area contributed by atoms with Gasteiger partial charge in [-0.15, -0.1) is 0 Å². The van der Waals surface area contributed by atoms with Gasteiger partial charge in [-0.25, -0.2) is 9.37 Å². The lowest BCUT2D eigenvalue weighted by molar-refractivity contribution is -0.384. The van der Waals surface area contributed by atoms with Crippen molar-refractivity contribution in [3.05, 3.63) is 64.0 Å². The number of nitrogens with zero attached hydrogens (tertiary/aromatic N) is 4. The third-order valence-corrected chi connectivity index (χ3v) is 5.69. The number of hydrogen-bond donors (Lipinski definition) is 0. The first-order valence-corrected chi connectivity index (χ1v) is 10.1. The molecule has 0 aliphatic heterocycles. The predicted molar refractivity (Wildman–Crippen MR) is 112 cm³/mol. The van der Waals surface area contributed by atoms with Gasteiger partial charge in [-0.3, -0.25) is 19.8 Å². The molecule has 0 atom stereocenters. The normalized spacial score (nSPS) is 11.2. The maximum absolute atomic E-state index is 13.6. The van der Waals surface area contributed by atoms with Gasteiger partial charge < -0.3 is 4.90 Å². The number of amides is 1. The number of nitro benzene ring substituents is 1. The zero-order valence-corrected chi connectivity index (χ0v) is 17.0. The van der Waals surface area contributed by atoms with E-state index in [-0.39, 0.29) is 23.0 Å². The molecule has 0 spiro atoms. The van der Waals surface area contributed by atoms with Crippen molar-refractivity contribution in [1.29, 1.82) is 0 Å². The summed E-state index contributed by atoms with van der Waals surface area (Å²) in [7, 11) is 0. The van der Waals surface area contributed by atoms with E-state index >= 15 is 0 Å². The Labute approximate surface area is 171 Å². The Morgan fingerprint density at radius 1 is 1.17 bits per heavy atom. The number of carbonyl (C=O) groups is 1. The molecule has 3 rings (SSSR count). The van der Waals surface area contributed by atoms with E-state index in [0.29, 0.717) is 28.4 Å². The Kier molecular flexibility index (Phi) is 6.50. The molecule has 152 valence electrons. The summed E-state index contributed by atoms with van der Waals surface area (Å²) in [5.74, 6) is -0.743. The quantitative estimate of drug-likeness (QED) is 0.403. The van der Waals surface area contributed by atoms with Crippen molar-refractivity contribution >= 4 is 38.3 Å². The number of aromatic nitrogens is 1. The van der Waals surface area contributed by atoms with Gasteiger partial charge in [0.25, 0.3) is 11.6 Å². The number of benzene rings is 2. The summed E-state index contributed by atoms with van der Waals surface area (Å²) in [5, 5.41) is 11.5. The number of hydrogen-bond acceptors (Lipinski definition) is 6. The molecule has 2 aromatic carbocycles. The largest absolute Gasteiger partial charge is 0.302 e. The number of anilines is 1. The molecule has 0 saturated carbocycles. The average Bonchev–Trinajstić information content (AvgIpc) is 3.13. The van der Waals surface area contributed by atoms with Crippen LogP contribution in [-0.2, 0) is 0 Å². The Morgan fingerprint density at radius 2 is 1.93 bits per heavy atom. The summed E-state index contributed by atoms with van der Waals surface area (Å²) < 4.78 is 14.2. The third-order valence-electron chi connectivity index (χ3n) is 4.65. The van der Waals surface area contributed by atoms with Crippen molar-refractivity contribution < 1.29 is 14.1 Å². The topological polar surface area (TPSA) is 79.6 Å². The molecule has 0 radical (unpaired) electrons. The van der Waals surface area contributed by atoms with E-state index < -0.39 is 4.92 Å². The Hall–Kier alpha value is -2.91. The van der Waals surface area contributed by atoms with Gasteiger partial charge in [0.2, 0.25) is 0 Å². The minimum atomic E-state index is -0.530. The van der Waals surface area contributed by atoms with Crippen molar-refractivity contribution in [3.63, 3.8) is 0 Å². The summed E-state index contributed by atoms with van der Waals surface area (Å²) in [6.45, 7) is 6.73. The van der Waals surface area contributed by atoms with Crippen LogP contribution in [0.25, 0.3) is 10.2 Å². The van der Waals surface area contributed by atoms with Crippen LogP contribution >= 0.6 is 11.3 Å². The number of non-ortho nitro benzene ring substituents is 1. The van der Waals surface area contributed by atoms with Crippen molar-refractivity contribution in [2.24, 2.45) is 0 Å². The van der Waals surface area contributed by atoms with Crippen LogP contribution in [0.2, 0.25) is 0 Å². The highest BCUT2D eigenvalue weighted by Crippen LogP contribution is 2.30. The van der Waals surface area contributed by atoms with Gasteiger partial charge in [0.1, 0.15) is 5.82 Å². The number of likely N-dealkylation sites (N-methyl/N-ethyl adjacent to an activating group) is 1. The maximum atomic E-state index is 13.6. The average molecular weight is 416 g/mol. The van der Waals surface area contributed by atoms with Gasteiger partial charge in [0.15, 0.2) is 5.13 Å². The fraction of sp³-hybridized carbons (Fsp3) is 0.300. The Balaban J connectivity index is 1.98. The maximum Gasteiger partial charge on any atom is 0.270 e. The van der Waals surface area contributed by atoms with Crippen molar-refractivity contribution in [1.82, 2.24) is 9.88 Å². The highest BCUT2D eigenvalue weighted by Gasteiger charge is 2.23. The SMILES string of the molecule is CCN(CC)CCN(C(=O)c1cccc([N+](=O)[O-])c1)c1nc2ccc(F)cc2s1. The number of rotatable bonds is 8. The molecule has 1 amide bonds. The van der Waals surface area contributed by atoms with Gasteiger partial charge in [0, 0.05) is 30.8 Å². The second-order valence-corrected chi connectivity index (χ2v) is 7.41. The number of carbonyl (C=O) groups excluding carboxylic acids is 1. The fourth-order valence-electron chi connectivity index (χ4n) is 2.98. The molecule has 1 heterocycles. The van der Waals surface area contributed by atoms with E-state index in [1.165, 1.54) is 46.6 Å². The highest BCUT2D eigenvalue weighted by atomic mass is 32.1. The zero-order valence-electron chi connectivity index (χ0n) is 16.2. The lowest BCUT2D eigenvalue weighted by Gasteiger charge is -2.24. The molecule has 0 bridgehead atoms. The van der Waals surface area contributed by atoms with Crippen LogP contribution in [0, 0.1) is 15.9 Å². The van der Waals surface area contributed by atoms with Crippen LogP contribution in [0.15, 0.2) is 42.5 Å². The molecular formula is C20H21FN4O3S. The minimum Gasteiger partial charge on any atom is -0.302 e. The first kappa shape index (κ1) is 20.8. The summed E-state index contributed by atoms with van der Waals surface area (Å²) in [4.78, 5) is 32.0. The van der Waals surface area contributed by atoms with Crippen molar-refractivity contribution in [2.75, 3.05) is 31.1 Å². The van der Waals surface area contributed by atoms with Crippen LogP contribution < -0.4 is 4.90 Å². The highest BCUT2D eigenvalue weighted by molar-refractivity contribution is 7.22. The van der Waals surface area contributed by atoms with Gasteiger partial charge >= 0.3 is 0 Å². The van der Waals surface area contributed by atoms with E-state index in [2.05, 4.69) is 9.88 Å². The molecule has 29 heavy (non-hydrogen) atoms. The monoisotopic (exact) mass is 416 g/mol. The van der Waals surface area contributed by atoms with Crippen molar-refractivity contribution in [3.8, 4) is 0 Å². The molecule has 3 aromatic rings. The Bertz CT molecular complexity index is 1040. The van der Waals surface area contributed by atoms with Crippen LogP contribution in [0.1, 0.15) is 24.2 Å². The van der Waals surface area contributed by atoms with E-state index in [9.17, 15) is 19.3 Å². The molecule has 7 nitrogen and oxygen atoms in total. The molecule has 0 saturated heterocycles. The summed E-state index contributed by atoms with van der Waals surface area (Å²) in [6, 6.07) is 9.93. The van der Waals surface area contributed by atoms with Crippen LogP contribution in [0.5, 0.6) is 0 Å². The van der Waals surface area contributed by atoms with E-state index in [0.717, 1.165) is 13.1 Å². The molecule has 0 unspecified atom stereocenters. The van der Waals surface area contributed by atoms with E-state index in [1.54, 1.807) is 12.1 Å². The lowest BCUT2D eigenvalue weighted by atomic mass is 10.2. The molecule has 0 aliphatic rings. The molecule has 1 aromatic heterocycles. The second-order valence-electron chi connectivity index (χ2n) is 6.40. The molecule has 0 N–H and O–H groups in total. The fourth-order valence-corrected chi connectivity index (χ4v) is 3.99. The molecule has 9 heteroatoms. The third kappa shape index (κ3) is 4.75. The molecule has 0 fully saturated rings. The summed E-state index contributed by atoms with van der Waals surface area (Å²) in [6.07, 6.45) is 0. The molecular weight excluding hydrogens is 395 g/mol. The Morgan fingerprint density at radius 3 is 2.62 bits per heavy atom. The van der Waals surface area contributed by atoms with Crippen LogP contribution in [0.3, 0.4) is 0 Å². The summed E-state index contributed by atoms with van der Waals surface area (Å²) in [5.41, 5.74) is 0.668. The predicted octanol–water partition coefficient (Wildman–Crippen LogP) is 4.33. The van der Waals surface area contributed by atoms with Crippen molar-refractivity contribution in [2.45, 2.75) is 13.8 Å². The zero-order chi connectivity index (χ0) is 21.0. The second kappa shape index (κ2) is 9.06. The van der Waals surface area contributed by atoms with Gasteiger partial charge in [-0.05, 0) is 37.4 Å². The van der Waals surface area contributed by atoms with E-state index in [1.807, 2.05) is 13.8 Å². The van der Waals surface area contributed by atoms with Gasteiger partial charge in [-0.1, -0.05) is 31.3 Å². The number of fused-ring (bicyclic) bond motifs is 1. The number of thiazole rings is 1. The smallest absolute Gasteiger partial charge is 0.270 e. The molecule has 0 aliphatic carbocycles. The lowest BCUT2D eigenvalue weighted by Crippen LogP contribution is -2.38. The first-order chi connectivity index (χ1) is 13.9.